The van der Waals surface area contributed by atoms with E-state index in [0.717, 1.165) is 0 Å². The Morgan fingerprint density at radius 1 is 1.07 bits per heavy atom. The van der Waals surface area contributed by atoms with Crippen LogP contribution < -0.4 is 4.90 Å². The standard InChI is InChI=1S/C13H14N2/c1-14-10-15(2)13-9-5-7-11-6-3-4-8-12(11)13/h3-10H,1-2H3. The van der Waals surface area contributed by atoms with Crippen molar-refractivity contribution >= 4 is 22.8 Å². The summed E-state index contributed by atoms with van der Waals surface area (Å²) in [5.41, 5.74) is 1.18. The molecule has 0 aliphatic carbocycles. The van der Waals surface area contributed by atoms with Crippen molar-refractivity contribution < 1.29 is 0 Å². The average molecular weight is 198 g/mol. The molecule has 0 unspecified atom stereocenters. The second-order valence-electron chi connectivity index (χ2n) is 3.48. The Morgan fingerprint density at radius 3 is 2.60 bits per heavy atom. The fourth-order valence-corrected chi connectivity index (χ4v) is 1.75. The fourth-order valence-electron chi connectivity index (χ4n) is 1.75. The first-order valence-electron chi connectivity index (χ1n) is 4.96. The van der Waals surface area contributed by atoms with Gasteiger partial charge >= 0.3 is 0 Å². The number of benzene rings is 2. The quantitative estimate of drug-likeness (QED) is 0.535. The number of fused-ring (bicyclic) bond motifs is 1. The Balaban J connectivity index is 2.60. The van der Waals surface area contributed by atoms with Gasteiger partial charge in [-0.05, 0) is 11.5 Å². The highest BCUT2D eigenvalue weighted by Gasteiger charge is 2.02. The topological polar surface area (TPSA) is 15.6 Å². The molecule has 2 aromatic rings. The molecule has 0 N–H and O–H groups in total. The van der Waals surface area contributed by atoms with Crippen LogP contribution in [0.25, 0.3) is 10.8 Å². The van der Waals surface area contributed by atoms with Gasteiger partial charge in [-0.3, -0.25) is 4.99 Å². The molecule has 0 heterocycles. The first-order chi connectivity index (χ1) is 7.33. The van der Waals surface area contributed by atoms with Gasteiger partial charge in [0, 0.05) is 25.2 Å². The van der Waals surface area contributed by atoms with E-state index in [0.29, 0.717) is 0 Å². The molecule has 76 valence electrons. The van der Waals surface area contributed by atoms with Crippen molar-refractivity contribution in [2.45, 2.75) is 0 Å². The van der Waals surface area contributed by atoms with Gasteiger partial charge in [0.1, 0.15) is 0 Å². The molecule has 2 rings (SSSR count). The van der Waals surface area contributed by atoms with Crippen LogP contribution in [0.4, 0.5) is 5.69 Å². The van der Waals surface area contributed by atoms with Crippen molar-refractivity contribution in [3.05, 3.63) is 42.5 Å². The van der Waals surface area contributed by atoms with Gasteiger partial charge in [-0.2, -0.15) is 0 Å². The summed E-state index contributed by atoms with van der Waals surface area (Å²) in [5, 5.41) is 2.51. The summed E-state index contributed by atoms with van der Waals surface area (Å²) >= 11 is 0. The third-order valence-electron chi connectivity index (χ3n) is 2.44. The van der Waals surface area contributed by atoms with E-state index in [1.807, 2.05) is 18.3 Å². The molecule has 0 aliphatic rings. The molecule has 0 saturated carbocycles. The summed E-state index contributed by atoms with van der Waals surface area (Å²) in [5.74, 6) is 0. The van der Waals surface area contributed by atoms with Crippen LogP contribution in [0.3, 0.4) is 0 Å². The Morgan fingerprint density at radius 2 is 1.80 bits per heavy atom. The van der Waals surface area contributed by atoms with Crippen LogP contribution in [-0.4, -0.2) is 20.4 Å². The SMILES string of the molecule is CN=CN(C)c1cccc2ccccc12. The van der Waals surface area contributed by atoms with Gasteiger partial charge in [0.2, 0.25) is 0 Å². The van der Waals surface area contributed by atoms with E-state index in [2.05, 4.69) is 47.5 Å². The first kappa shape index (κ1) is 9.71. The lowest BCUT2D eigenvalue weighted by Crippen LogP contribution is -2.14. The number of rotatable bonds is 2. The van der Waals surface area contributed by atoms with Crippen molar-refractivity contribution in [3.8, 4) is 0 Å². The molecule has 2 nitrogen and oxygen atoms in total. The third-order valence-corrected chi connectivity index (χ3v) is 2.44. The fraction of sp³-hybridized carbons (Fsp3) is 0.154. The van der Waals surface area contributed by atoms with Gasteiger partial charge in [-0.25, -0.2) is 0 Å². The molecular formula is C13H14N2. The van der Waals surface area contributed by atoms with Crippen LogP contribution in [0.15, 0.2) is 47.5 Å². The molecule has 0 radical (unpaired) electrons. The van der Waals surface area contributed by atoms with Crippen molar-refractivity contribution in [1.29, 1.82) is 0 Å². The monoisotopic (exact) mass is 198 g/mol. The van der Waals surface area contributed by atoms with Crippen LogP contribution in [0.5, 0.6) is 0 Å². The highest BCUT2D eigenvalue weighted by molar-refractivity contribution is 5.98. The predicted octanol–water partition coefficient (Wildman–Crippen LogP) is 2.93. The Labute approximate surface area is 89.9 Å². The third kappa shape index (κ3) is 1.84. The maximum atomic E-state index is 4.02. The zero-order valence-electron chi connectivity index (χ0n) is 9.01. The van der Waals surface area contributed by atoms with Crippen LogP contribution in [-0.2, 0) is 0 Å². The van der Waals surface area contributed by atoms with E-state index in [9.17, 15) is 0 Å². The number of hydrogen-bond acceptors (Lipinski definition) is 1. The van der Waals surface area contributed by atoms with E-state index in [1.54, 1.807) is 7.05 Å². The smallest absolute Gasteiger partial charge is 0.0888 e. The average Bonchev–Trinajstić information content (AvgIpc) is 2.28. The first-order valence-corrected chi connectivity index (χ1v) is 4.96. The Kier molecular flexibility index (Phi) is 2.68. The molecule has 0 atom stereocenters. The van der Waals surface area contributed by atoms with Crippen molar-refractivity contribution in [3.63, 3.8) is 0 Å². The molecule has 0 amide bonds. The molecule has 15 heavy (non-hydrogen) atoms. The number of aliphatic imine (C=N–C) groups is 1. The summed E-state index contributed by atoms with van der Waals surface area (Å²) in [4.78, 5) is 6.05. The lowest BCUT2D eigenvalue weighted by molar-refractivity contribution is 1.28. The van der Waals surface area contributed by atoms with Crippen LogP contribution in [0.1, 0.15) is 0 Å². The normalized spacial score (nSPS) is 11.1. The van der Waals surface area contributed by atoms with Crippen LogP contribution in [0, 0.1) is 0 Å². The molecule has 2 aromatic carbocycles. The Hall–Kier alpha value is -1.83. The van der Waals surface area contributed by atoms with Crippen molar-refractivity contribution in [1.82, 2.24) is 0 Å². The molecular weight excluding hydrogens is 184 g/mol. The van der Waals surface area contributed by atoms with Gasteiger partial charge in [-0.1, -0.05) is 36.4 Å². The summed E-state index contributed by atoms with van der Waals surface area (Å²) in [7, 11) is 3.79. The van der Waals surface area contributed by atoms with Gasteiger partial charge in [-0.15, -0.1) is 0 Å². The minimum absolute atomic E-state index is 1.18. The van der Waals surface area contributed by atoms with E-state index < -0.39 is 0 Å². The predicted molar refractivity (Wildman–Crippen MR) is 66.8 cm³/mol. The van der Waals surface area contributed by atoms with Crippen molar-refractivity contribution in [2.75, 3.05) is 19.0 Å². The van der Waals surface area contributed by atoms with Crippen LogP contribution >= 0.6 is 0 Å². The van der Waals surface area contributed by atoms with Gasteiger partial charge < -0.3 is 4.90 Å². The molecule has 0 bridgehead atoms. The van der Waals surface area contributed by atoms with Gasteiger partial charge in [0.25, 0.3) is 0 Å². The molecule has 0 aromatic heterocycles. The van der Waals surface area contributed by atoms with E-state index in [4.69, 9.17) is 0 Å². The summed E-state index contributed by atoms with van der Waals surface area (Å²) in [6.45, 7) is 0. The van der Waals surface area contributed by atoms with Gasteiger partial charge in [0.15, 0.2) is 0 Å². The second-order valence-corrected chi connectivity index (χ2v) is 3.48. The maximum absolute atomic E-state index is 4.02. The Bertz CT molecular complexity index is 483. The maximum Gasteiger partial charge on any atom is 0.0888 e. The highest BCUT2D eigenvalue weighted by atomic mass is 15.1. The molecule has 0 fully saturated rings. The molecule has 0 saturated heterocycles. The van der Waals surface area contributed by atoms with Gasteiger partial charge in [0.05, 0.1) is 6.34 Å². The molecule has 0 aliphatic heterocycles. The van der Waals surface area contributed by atoms with E-state index in [1.165, 1.54) is 16.5 Å². The van der Waals surface area contributed by atoms with E-state index >= 15 is 0 Å². The summed E-state index contributed by atoms with van der Waals surface area (Å²) < 4.78 is 0. The number of hydrogen-bond donors (Lipinski definition) is 0. The zero-order valence-corrected chi connectivity index (χ0v) is 9.01. The minimum Gasteiger partial charge on any atom is -0.335 e. The number of nitrogens with zero attached hydrogens (tertiary/aromatic N) is 2. The molecule has 0 spiro atoms. The summed E-state index contributed by atoms with van der Waals surface area (Å²) in [6.07, 6.45) is 1.82. The summed E-state index contributed by atoms with van der Waals surface area (Å²) in [6, 6.07) is 14.7. The lowest BCUT2D eigenvalue weighted by Gasteiger charge is -2.15. The van der Waals surface area contributed by atoms with Crippen LogP contribution in [0.2, 0.25) is 0 Å². The molecule has 2 heteroatoms. The zero-order chi connectivity index (χ0) is 10.7. The highest BCUT2D eigenvalue weighted by Crippen LogP contribution is 2.24. The van der Waals surface area contributed by atoms with Crippen molar-refractivity contribution in [2.24, 2.45) is 4.99 Å². The number of anilines is 1. The minimum atomic E-state index is 1.18. The largest absolute Gasteiger partial charge is 0.335 e. The lowest BCUT2D eigenvalue weighted by atomic mass is 10.1. The second kappa shape index (κ2) is 4.13. The van der Waals surface area contributed by atoms with E-state index in [-0.39, 0.29) is 0 Å².